The molecule has 96 valence electrons. The van der Waals surface area contributed by atoms with Gasteiger partial charge in [0.25, 0.3) is 5.91 Å². The van der Waals surface area contributed by atoms with Gasteiger partial charge in [0.2, 0.25) is 0 Å². The molecule has 0 fully saturated rings. The Balaban J connectivity index is 2.01. The minimum atomic E-state index is 0.0730. The Hall–Kier alpha value is -1.20. The van der Waals surface area contributed by atoms with Crippen LogP contribution in [0.4, 0.5) is 0 Å². The lowest BCUT2D eigenvalue weighted by atomic mass is 10.2. The van der Waals surface area contributed by atoms with Crippen molar-refractivity contribution in [3.8, 4) is 0 Å². The molecule has 0 N–H and O–H groups in total. The lowest BCUT2D eigenvalue weighted by Crippen LogP contribution is -2.25. The minimum absolute atomic E-state index is 0.0730. The molecule has 5 heteroatoms. The van der Waals surface area contributed by atoms with Gasteiger partial charge in [0.1, 0.15) is 5.01 Å². The van der Waals surface area contributed by atoms with Gasteiger partial charge in [-0.15, -0.1) is 22.7 Å². The van der Waals surface area contributed by atoms with Crippen LogP contribution in [0.1, 0.15) is 33.6 Å². The highest BCUT2D eigenvalue weighted by molar-refractivity contribution is 7.10. The molecule has 0 spiro atoms. The topological polar surface area (TPSA) is 33.2 Å². The van der Waals surface area contributed by atoms with E-state index in [-0.39, 0.29) is 5.91 Å². The highest BCUT2D eigenvalue weighted by Crippen LogP contribution is 2.18. The van der Waals surface area contributed by atoms with Crippen LogP contribution >= 0.6 is 22.7 Å². The standard InChI is InChI=1S/C13H16N2OS2/c1-3-4-11-7-10(9-18-11)13(16)15(2)8-12-14-5-6-17-12/h5-7,9H,3-4,8H2,1-2H3. The van der Waals surface area contributed by atoms with Gasteiger partial charge in [0.05, 0.1) is 12.1 Å². The first-order chi connectivity index (χ1) is 8.70. The summed E-state index contributed by atoms with van der Waals surface area (Å²) >= 11 is 3.24. The largest absolute Gasteiger partial charge is 0.335 e. The second-order valence-electron chi connectivity index (χ2n) is 4.14. The number of carbonyl (C=O) groups excluding carboxylic acids is 1. The minimum Gasteiger partial charge on any atom is -0.335 e. The molecule has 1 amide bonds. The number of carbonyl (C=O) groups is 1. The summed E-state index contributed by atoms with van der Waals surface area (Å²) in [6, 6.07) is 2.01. The summed E-state index contributed by atoms with van der Waals surface area (Å²) in [5.74, 6) is 0.0730. The first-order valence-electron chi connectivity index (χ1n) is 5.92. The third kappa shape index (κ3) is 3.17. The van der Waals surface area contributed by atoms with Gasteiger partial charge < -0.3 is 4.90 Å². The summed E-state index contributed by atoms with van der Waals surface area (Å²) in [7, 11) is 1.82. The SMILES string of the molecule is CCCc1cc(C(=O)N(C)Cc2nccs2)cs1. The van der Waals surface area contributed by atoms with Crippen molar-refractivity contribution in [1.82, 2.24) is 9.88 Å². The van der Waals surface area contributed by atoms with Crippen LogP contribution in [0.5, 0.6) is 0 Å². The Bertz CT molecular complexity index is 505. The van der Waals surface area contributed by atoms with E-state index in [0.29, 0.717) is 6.54 Å². The Morgan fingerprint density at radius 1 is 1.44 bits per heavy atom. The molecule has 0 unspecified atom stereocenters. The van der Waals surface area contributed by atoms with E-state index >= 15 is 0 Å². The molecule has 2 aromatic heterocycles. The number of thiazole rings is 1. The van der Waals surface area contributed by atoms with Gasteiger partial charge in [-0.2, -0.15) is 0 Å². The Labute approximate surface area is 115 Å². The first-order valence-corrected chi connectivity index (χ1v) is 7.68. The number of hydrogen-bond donors (Lipinski definition) is 0. The van der Waals surface area contributed by atoms with Gasteiger partial charge in [0.15, 0.2) is 0 Å². The van der Waals surface area contributed by atoms with E-state index in [1.807, 2.05) is 23.9 Å². The summed E-state index contributed by atoms with van der Waals surface area (Å²) in [4.78, 5) is 19.4. The van der Waals surface area contributed by atoms with Crippen LogP contribution in [0.25, 0.3) is 0 Å². The molecule has 0 radical (unpaired) electrons. The third-order valence-electron chi connectivity index (χ3n) is 2.60. The average molecular weight is 280 g/mol. The number of thiophene rings is 1. The second kappa shape index (κ2) is 6.11. The molecule has 18 heavy (non-hydrogen) atoms. The number of amides is 1. The van der Waals surface area contributed by atoms with E-state index in [4.69, 9.17) is 0 Å². The molecule has 0 atom stereocenters. The average Bonchev–Trinajstić information content (AvgIpc) is 3.00. The maximum Gasteiger partial charge on any atom is 0.254 e. The van der Waals surface area contributed by atoms with Crippen LogP contribution in [0, 0.1) is 0 Å². The summed E-state index contributed by atoms with van der Waals surface area (Å²) in [6.07, 6.45) is 3.93. The van der Waals surface area contributed by atoms with E-state index in [0.717, 1.165) is 23.4 Å². The van der Waals surface area contributed by atoms with Gasteiger partial charge in [-0.1, -0.05) is 13.3 Å². The van der Waals surface area contributed by atoms with Gasteiger partial charge in [0, 0.05) is 28.9 Å². The molecule has 0 saturated carbocycles. The number of hydrogen-bond acceptors (Lipinski definition) is 4. The van der Waals surface area contributed by atoms with Crippen LogP contribution in [0.3, 0.4) is 0 Å². The first kappa shape index (κ1) is 13.2. The summed E-state index contributed by atoms with van der Waals surface area (Å²) in [6.45, 7) is 2.73. The second-order valence-corrected chi connectivity index (χ2v) is 6.11. The van der Waals surface area contributed by atoms with E-state index < -0.39 is 0 Å². The zero-order valence-electron chi connectivity index (χ0n) is 10.5. The molecule has 3 nitrogen and oxygen atoms in total. The van der Waals surface area contributed by atoms with E-state index in [1.165, 1.54) is 4.88 Å². The molecular formula is C13H16N2OS2. The summed E-state index contributed by atoms with van der Waals surface area (Å²) < 4.78 is 0. The quantitative estimate of drug-likeness (QED) is 0.840. The fourth-order valence-corrected chi connectivity index (χ4v) is 3.33. The maximum absolute atomic E-state index is 12.2. The number of aromatic nitrogens is 1. The van der Waals surface area contributed by atoms with Crippen molar-refractivity contribution in [2.24, 2.45) is 0 Å². The van der Waals surface area contributed by atoms with Gasteiger partial charge in [-0.25, -0.2) is 4.98 Å². The van der Waals surface area contributed by atoms with Crippen molar-refractivity contribution in [3.63, 3.8) is 0 Å². The van der Waals surface area contributed by atoms with Crippen LogP contribution in [-0.4, -0.2) is 22.8 Å². The van der Waals surface area contributed by atoms with Gasteiger partial charge >= 0.3 is 0 Å². The predicted octanol–water partition coefficient (Wildman–Crippen LogP) is 3.43. The van der Waals surface area contributed by atoms with Crippen molar-refractivity contribution < 1.29 is 4.79 Å². The predicted molar refractivity (Wildman–Crippen MR) is 76.2 cm³/mol. The zero-order valence-corrected chi connectivity index (χ0v) is 12.2. The Kier molecular flexibility index (Phi) is 4.49. The molecule has 0 aliphatic carbocycles. The van der Waals surface area contributed by atoms with Crippen molar-refractivity contribution in [2.75, 3.05) is 7.05 Å². The smallest absolute Gasteiger partial charge is 0.254 e. The molecule has 2 heterocycles. The van der Waals surface area contributed by atoms with Crippen molar-refractivity contribution in [3.05, 3.63) is 38.5 Å². The lowest BCUT2D eigenvalue weighted by Gasteiger charge is -2.14. The number of aryl methyl sites for hydroxylation is 1. The molecule has 0 aromatic carbocycles. The fourth-order valence-electron chi connectivity index (χ4n) is 1.70. The van der Waals surface area contributed by atoms with E-state index in [1.54, 1.807) is 33.8 Å². The highest BCUT2D eigenvalue weighted by atomic mass is 32.1. The lowest BCUT2D eigenvalue weighted by molar-refractivity contribution is 0.0785. The monoisotopic (exact) mass is 280 g/mol. The molecular weight excluding hydrogens is 264 g/mol. The maximum atomic E-state index is 12.2. The fraction of sp³-hybridized carbons (Fsp3) is 0.385. The van der Waals surface area contributed by atoms with Crippen LogP contribution in [0.15, 0.2) is 23.0 Å². The highest BCUT2D eigenvalue weighted by Gasteiger charge is 2.14. The number of nitrogens with zero attached hydrogens (tertiary/aromatic N) is 2. The summed E-state index contributed by atoms with van der Waals surface area (Å²) in [5.41, 5.74) is 0.794. The van der Waals surface area contributed by atoms with Crippen LogP contribution in [-0.2, 0) is 13.0 Å². The molecule has 0 aliphatic heterocycles. The van der Waals surface area contributed by atoms with Gasteiger partial charge in [-0.05, 0) is 12.5 Å². The molecule has 2 aromatic rings. The molecule has 2 rings (SSSR count). The van der Waals surface area contributed by atoms with E-state index in [2.05, 4.69) is 11.9 Å². The van der Waals surface area contributed by atoms with Crippen molar-refractivity contribution in [1.29, 1.82) is 0 Å². The molecule has 0 aliphatic rings. The summed E-state index contributed by atoms with van der Waals surface area (Å²) in [5, 5.41) is 4.85. The normalized spacial score (nSPS) is 10.6. The van der Waals surface area contributed by atoms with Crippen LogP contribution in [0.2, 0.25) is 0 Å². The van der Waals surface area contributed by atoms with Crippen molar-refractivity contribution >= 4 is 28.6 Å². The van der Waals surface area contributed by atoms with E-state index in [9.17, 15) is 4.79 Å². The van der Waals surface area contributed by atoms with Gasteiger partial charge in [-0.3, -0.25) is 4.79 Å². The Morgan fingerprint density at radius 2 is 2.28 bits per heavy atom. The number of rotatable bonds is 5. The third-order valence-corrected chi connectivity index (χ3v) is 4.36. The van der Waals surface area contributed by atoms with Crippen LogP contribution < -0.4 is 0 Å². The zero-order chi connectivity index (χ0) is 13.0. The molecule has 0 saturated heterocycles. The molecule has 0 bridgehead atoms. The van der Waals surface area contributed by atoms with Crippen molar-refractivity contribution in [2.45, 2.75) is 26.3 Å². The Morgan fingerprint density at radius 3 is 2.94 bits per heavy atom.